The van der Waals surface area contributed by atoms with Crippen molar-refractivity contribution in [2.75, 3.05) is 6.54 Å². The summed E-state index contributed by atoms with van der Waals surface area (Å²) in [6.45, 7) is 0.138. The molecule has 5 heteroatoms. The lowest BCUT2D eigenvalue weighted by atomic mass is 9.74. The lowest BCUT2D eigenvalue weighted by Crippen LogP contribution is -2.48. The third-order valence-corrected chi connectivity index (χ3v) is 3.54. The smallest absolute Gasteiger partial charge is 0.311 e. The fourth-order valence-electron chi connectivity index (χ4n) is 2.30. The molecule has 0 aromatic heterocycles. The maximum atomic E-state index is 11.6. The highest BCUT2D eigenvalue weighted by molar-refractivity contribution is 5.83. The van der Waals surface area contributed by atoms with Gasteiger partial charge in [0, 0.05) is 13.0 Å². The van der Waals surface area contributed by atoms with Crippen LogP contribution in [0.2, 0.25) is 0 Å². The Morgan fingerprint density at radius 2 is 2.00 bits per heavy atom. The quantitative estimate of drug-likeness (QED) is 0.621. The minimum absolute atomic E-state index is 0.138. The highest BCUT2D eigenvalue weighted by atomic mass is 16.4. The number of carboxylic acid groups (broad SMARTS) is 1. The van der Waals surface area contributed by atoms with E-state index in [-0.39, 0.29) is 18.9 Å². The number of aliphatic carboxylic acids is 1. The Kier molecular flexibility index (Phi) is 5.17. The topological polar surface area (TPSA) is 92.4 Å². The maximum Gasteiger partial charge on any atom is 0.311 e. The van der Waals surface area contributed by atoms with Crippen molar-refractivity contribution in [2.24, 2.45) is 11.1 Å². The van der Waals surface area contributed by atoms with E-state index in [2.05, 4.69) is 11.2 Å². The van der Waals surface area contributed by atoms with E-state index >= 15 is 0 Å². The molecule has 1 rings (SSSR count). The van der Waals surface area contributed by atoms with Gasteiger partial charge in [-0.15, -0.1) is 12.3 Å². The molecule has 0 bridgehead atoms. The number of hydrogen-bond acceptors (Lipinski definition) is 3. The molecule has 1 saturated carbocycles. The molecular formula is C13H20N2O3. The van der Waals surface area contributed by atoms with Gasteiger partial charge in [0.05, 0.1) is 11.5 Å². The third-order valence-electron chi connectivity index (χ3n) is 3.54. The molecule has 1 fully saturated rings. The molecule has 100 valence electrons. The number of carboxylic acids is 1. The highest BCUT2D eigenvalue weighted by Gasteiger charge is 2.39. The SMILES string of the molecule is C#CCC(N)C(=O)NCC1(C(=O)O)CCCCC1. The van der Waals surface area contributed by atoms with Crippen LogP contribution in [0.1, 0.15) is 38.5 Å². The van der Waals surface area contributed by atoms with E-state index in [0.29, 0.717) is 12.8 Å². The number of amides is 1. The fraction of sp³-hybridized carbons (Fsp3) is 0.692. The van der Waals surface area contributed by atoms with Gasteiger partial charge in [-0.25, -0.2) is 0 Å². The molecule has 0 aromatic rings. The molecule has 0 heterocycles. The van der Waals surface area contributed by atoms with Crippen LogP contribution in [0.5, 0.6) is 0 Å². The van der Waals surface area contributed by atoms with Crippen LogP contribution in [-0.4, -0.2) is 29.6 Å². The molecule has 1 atom stereocenters. The summed E-state index contributed by atoms with van der Waals surface area (Å²) in [5.74, 6) is 1.10. The maximum absolute atomic E-state index is 11.6. The first-order valence-electron chi connectivity index (χ1n) is 6.22. The zero-order chi connectivity index (χ0) is 13.6. The van der Waals surface area contributed by atoms with Gasteiger partial charge in [0.1, 0.15) is 0 Å². The van der Waals surface area contributed by atoms with Gasteiger partial charge in [0.15, 0.2) is 0 Å². The average molecular weight is 252 g/mol. The predicted molar refractivity (Wildman–Crippen MR) is 67.6 cm³/mol. The monoisotopic (exact) mass is 252 g/mol. The van der Waals surface area contributed by atoms with Crippen LogP contribution in [0.4, 0.5) is 0 Å². The minimum Gasteiger partial charge on any atom is -0.481 e. The van der Waals surface area contributed by atoms with Crippen molar-refractivity contribution in [2.45, 2.75) is 44.6 Å². The zero-order valence-corrected chi connectivity index (χ0v) is 10.4. The van der Waals surface area contributed by atoms with E-state index in [1.165, 1.54) is 0 Å². The molecule has 0 spiro atoms. The molecule has 4 N–H and O–H groups in total. The first-order chi connectivity index (χ1) is 8.52. The summed E-state index contributed by atoms with van der Waals surface area (Å²) in [5, 5.41) is 11.9. The second-order valence-corrected chi connectivity index (χ2v) is 4.88. The Bertz CT molecular complexity index is 354. The van der Waals surface area contributed by atoms with Crippen LogP contribution in [-0.2, 0) is 9.59 Å². The molecule has 0 aliphatic heterocycles. The van der Waals surface area contributed by atoms with Crippen LogP contribution < -0.4 is 11.1 Å². The van der Waals surface area contributed by atoms with Gasteiger partial charge in [-0.1, -0.05) is 19.3 Å². The Morgan fingerprint density at radius 3 is 2.50 bits per heavy atom. The van der Waals surface area contributed by atoms with Crippen molar-refractivity contribution in [1.82, 2.24) is 5.32 Å². The number of carbonyl (C=O) groups is 2. The van der Waals surface area contributed by atoms with Crippen molar-refractivity contribution in [3.05, 3.63) is 0 Å². The number of carbonyl (C=O) groups excluding carboxylic acids is 1. The Hall–Kier alpha value is -1.54. The number of nitrogens with two attached hydrogens (primary N) is 1. The van der Waals surface area contributed by atoms with Gasteiger partial charge < -0.3 is 16.2 Å². The lowest BCUT2D eigenvalue weighted by molar-refractivity contribution is -0.151. The minimum atomic E-state index is -0.840. The first-order valence-corrected chi connectivity index (χ1v) is 6.22. The molecule has 5 nitrogen and oxygen atoms in total. The van der Waals surface area contributed by atoms with Gasteiger partial charge in [-0.2, -0.15) is 0 Å². The summed E-state index contributed by atoms with van der Waals surface area (Å²) in [6.07, 6.45) is 9.27. The largest absolute Gasteiger partial charge is 0.481 e. The van der Waals surface area contributed by atoms with Crippen LogP contribution in [0.15, 0.2) is 0 Å². The Balaban J connectivity index is 2.55. The molecule has 18 heavy (non-hydrogen) atoms. The number of hydrogen-bond donors (Lipinski definition) is 3. The summed E-state index contributed by atoms with van der Waals surface area (Å²) in [6, 6.07) is -0.760. The highest BCUT2D eigenvalue weighted by Crippen LogP contribution is 2.35. The van der Waals surface area contributed by atoms with Crippen molar-refractivity contribution in [3.63, 3.8) is 0 Å². The normalized spacial score (nSPS) is 19.6. The van der Waals surface area contributed by atoms with Gasteiger partial charge in [0.2, 0.25) is 5.91 Å². The van der Waals surface area contributed by atoms with Crippen LogP contribution in [0.25, 0.3) is 0 Å². The van der Waals surface area contributed by atoms with Crippen LogP contribution in [0.3, 0.4) is 0 Å². The van der Waals surface area contributed by atoms with Crippen molar-refractivity contribution < 1.29 is 14.7 Å². The molecular weight excluding hydrogens is 232 g/mol. The van der Waals surface area contributed by atoms with Gasteiger partial charge in [0.25, 0.3) is 0 Å². The average Bonchev–Trinajstić information content (AvgIpc) is 2.37. The zero-order valence-electron chi connectivity index (χ0n) is 10.4. The van der Waals surface area contributed by atoms with E-state index in [9.17, 15) is 14.7 Å². The summed E-state index contributed by atoms with van der Waals surface area (Å²) in [4.78, 5) is 23.0. The molecule has 1 amide bonds. The summed E-state index contributed by atoms with van der Waals surface area (Å²) >= 11 is 0. The Morgan fingerprint density at radius 1 is 1.39 bits per heavy atom. The molecule has 0 radical (unpaired) electrons. The molecule has 1 aliphatic carbocycles. The first kappa shape index (κ1) is 14.5. The number of terminal acetylenes is 1. The number of rotatable bonds is 5. The molecule has 1 unspecified atom stereocenters. The van der Waals surface area contributed by atoms with Crippen molar-refractivity contribution in [1.29, 1.82) is 0 Å². The van der Waals surface area contributed by atoms with E-state index < -0.39 is 17.4 Å². The molecule has 1 aliphatic rings. The second-order valence-electron chi connectivity index (χ2n) is 4.88. The van der Waals surface area contributed by atoms with E-state index in [1.54, 1.807) is 0 Å². The van der Waals surface area contributed by atoms with Gasteiger partial charge in [-0.3, -0.25) is 9.59 Å². The van der Waals surface area contributed by atoms with E-state index in [4.69, 9.17) is 12.2 Å². The second kappa shape index (κ2) is 6.41. The standard InChI is InChI=1S/C13H20N2O3/c1-2-6-10(14)11(16)15-9-13(12(17)18)7-4-3-5-8-13/h1,10H,3-9,14H2,(H,15,16)(H,17,18). The fourth-order valence-corrected chi connectivity index (χ4v) is 2.30. The van der Waals surface area contributed by atoms with Gasteiger partial charge >= 0.3 is 5.97 Å². The van der Waals surface area contributed by atoms with Crippen LogP contribution in [0, 0.1) is 17.8 Å². The predicted octanol–water partition coefficient (Wildman–Crippen LogP) is 0.488. The number of nitrogens with one attached hydrogen (secondary N) is 1. The summed E-state index contributed by atoms with van der Waals surface area (Å²) in [5.41, 5.74) is 4.73. The Labute approximate surface area is 107 Å². The van der Waals surface area contributed by atoms with Crippen molar-refractivity contribution in [3.8, 4) is 12.3 Å². The summed E-state index contributed by atoms with van der Waals surface area (Å²) < 4.78 is 0. The van der Waals surface area contributed by atoms with E-state index in [0.717, 1.165) is 19.3 Å². The third kappa shape index (κ3) is 3.47. The van der Waals surface area contributed by atoms with Crippen molar-refractivity contribution >= 4 is 11.9 Å². The molecule has 0 saturated heterocycles. The van der Waals surface area contributed by atoms with E-state index in [1.807, 2.05) is 0 Å². The summed E-state index contributed by atoms with van der Waals surface area (Å²) in [7, 11) is 0. The molecule has 0 aromatic carbocycles. The van der Waals surface area contributed by atoms with Crippen LogP contribution >= 0.6 is 0 Å². The lowest BCUT2D eigenvalue weighted by Gasteiger charge is -2.33. The van der Waals surface area contributed by atoms with Gasteiger partial charge in [-0.05, 0) is 12.8 Å².